The van der Waals surface area contributed by atoms with Crippen molar-refractivity contribution in [1.29, 1.82) is 0 Å². The van der Waals surface area contributed by atoms with Crippen molar-refractivity contribution in [1.82, 2.24) is 5.32 Å². The number of carbonyl (C=O) groups excluding carboxylic acids is 1. The first-order chi connectivity index (χ1) is 10.5. The van der Waals surface area contributed by atoms with Crippen LogP contribution in [0.15, 0.2) is 24.3 Å². The number of aliphatic hydroxyl groups is 1. The van der Waals surface area contributed by atoms with Gasteiger partial charge < -0.3 is 15.2 Å². The van der Waals surface area contributed by atoms with Crippen molar-refractivity contribution in [3.05, 3.63) is 35.4 Å². The maximum Gasteiger partial charge on any atom is 0.416 e. The van der Waals surface area contributed by atoms with Crippen LogP contribution in [0.1, 0.15) is 38.3 Å². The quantitative estimate of drug-likeness (QED) is 0.867. The lowest BCUT2D eigenvalue weighted by molar-refractivity contribution is -0.137. The normalized spacial score (nSPS) is 13.5. The third-order valence-corrected chi connectivity index (χ3v) is 2.95. The number of benzene rings is 1. The van der Waals surface area contributed by atoms with Gasteiger partial charge in [-0.15, -0.1) is 0 Å². The van der Waals surface area contributed by atoms with Crippen molar-refractivity contribution < 1.29 is 27.8 Å². The zero-order valence-electron chi connectivity index (χ0n) is 13.4. The van der Waals surface area contributed by atoms with Gasteiger partial charge in [0, 0.05) is 25.0 Å². The van der Waals surface area contributed by atoms with E-state index in [1.54, 1.807) is 20.8 Å². The van der Waals surface area contributed by atoms with E-state index in [1.165, 1.54) is 12.1 Å². The Balaban J connectivity index is 2.70. The smallest absolute Gasteiger partial charge is 0.416 e. The molecule has 130 valence electrons. The highest BCUT2D eigenvalue weighted by Crippen LogP contribution is 2.29. The lowest BCUT2D eigenvalue weighted by Gasteiger charge is -2.23. The summed E-state index contributed by atoms with van der Waals surface area (Å²) in [6.45, 7) is 5.20. The summed E-state index contributed by atoms with van der Waals surface area (Å²) in [4.78, 5) is 11.8. The van der Waals surface area contributed by atoms with Gasteiger partial charge in [0.05, 0.1) is 5.56 Å². The fraction of sp³-hybridized carbons (Fsp3) is 0.562. The minimum atomic E-state index is -4.38. The highest BCUT2D eigenvalue weighted by molar-refractivity contribution is 5.68. The first kappa shape index (κ1) is 19.3. The molecule has 0 saturated carbocycles. The lowest BCUT2D eigenvalue weighted by Crippen LogP contribution is -2.42. The van der Waals surface area contributed by atoms with Crippen LogP contribution in [-0.4, -0.2) is 29.4 Å². The SMILES string of the molecule is CC(C)(C)NC(=O)O[C@H](CCO)Cc1ccc(C(F)(F)F)cc1. The monoisotopic (exact) mass is 333 g/mol. The Morgan fingerprint density at radius 1 is 1.22 bits per heavy atom. The molecular formula is C16H22F3NO3. The molecular weight excluding hydrogens is 311 g/mol. The fourth-order valence-electron chi connectivity index (χ4n) is 1.93. The molecule has 1 aromatic carbocycles. The number of amides is 1. The minimum absolute atomic E-state index is 0.186. The topological polar surface area (TPSA) is 58.6 Å². The van der Waals surface area contributed by atoms with E-state index in [0.29, 0.717) is 5.56 Å². The Kier molecular flexibility index (Phi) is 6.44. The van der Waals surface area contributed by atoms with Crippen molar-refractivity contribution >= 4 is 6.09 Å². The molecule has 23 heavy (non-hydrogen) atoms. The predicted molar refractivity (Wildman–Crippen MR) is 80.0 cm³/mol. The zero-order chi connectivity index (χ0) is 17.7. The van der Waals surface area contributed by atoms with Gasteiger partial charge in [0.15, 0.2) is 0 Å². The summed E-state index contributed by atoms with van der Waals surface area (Å²) in [6.07, 6.45) is -5.18. The number of aliphatic hydroxyl groups excluding tert-OH is 1. The third-order valence-electron chi connectivity index (χ3n) is 2.95. The van der Waals surface area contributed by atoms with Gasteiger partial charge in [0.25, 0.3) is 0 Å². The number of rotatable bonds is 5. The number of hydrogen-bond acceptors (Lipinski definition) is 3. The summed E-state index contributed by atoms with van der Waals surface area (Å²) < 4.78 is 42.8. The molecule has 0 bridgehead atoms. The summed E-state index contributed by atoms with van der Waals surface area (Å²) in [5.74, 6) is 0. The maximum absolute atomic E-state index is 12.5. The number of nitrogens with one attached hydrogen (secondary N) is 1. The number of halogens is 3. The summed E-state index contributed by atoms with van der Waals surface area (Å²) >= 11 is 0. The van der Waals surface area contributed by atoms with E-state index < -0.39 is 29.5 Å². The average molecular weight is 333 g/mol. The second kappa shape index (κ2) is 7.68. The van der Waals surface area contributed by atoms with E-state index in [4.69, 9.17) is 9.84 Å². The molecule has 1 aromatic rings. The van der Waals surface area contributed by atoms with Crippen LogP contribution in [0, 0.1) is 0 Å². The van der Waals surface area contributed by atoms with Crippen LogP contribution in [-0.2, 0) is 17.3 Å². The molecule has 2 N–H and O–H groups in total. The highest BCUT2D eigenvalue weighted by atomic mass is 19.4. The number of alkyl halides is 3. The van der Waals surface area contributed by atoms with E-state index in [2.05, 4.69) is 5.32 Å². The van der Waals surface area contributed by atoms with E-state index in [0.717, 1.165) is 12.1 Å². The van der Waals surface area contributed by atoms with Crippen LogP contribution in [0.4, 0.5) is 18.0 Å². The molecule has 0 radical (unpaired) electrons. The van der Waals surface area contributed by atoms with E-state index >= 15 is 0 Å². The number of ether oxygens (including phenoxy) is 1. The van der Waals surface area contributed by atoms with Crippen LogP contribution >= 0.6 is 0 Å². The Hall–Kier alpha value is -1.76. The number of carbonyl (C=O) groups is 1. The molecule has 4 nitrogen and oxygen atoms in total. The second-order valence-electron chi connectivity index (χ2n) is 6.31. The molecule has 1 rings (SSSR count). The number of hydrogen-bond donors (Lipinski definition) is 2. The van der Waals surface area contributed by atoms with Gasteiger partial charge in [-0.1, -0.05) is 12.1 Å². The maximum atomic E-state index is 12.5. The van der Waals surface area contributed by atoms with Crippen molar-refractivity contribution in [2.45, 2.75) is 51.4 Å². The molecule has 0 unspecified atom stereocenters. The Morgan fingerprint density at radius 3 is 2.22 bits per heavy atom. The van der Waals surface area contributed by atoms with Crippen molar-refractivity contribution in [3.8, 4) is 0 Å². The number of alkyl carbamates (subject to hydrolysis) is 1. The summed E-state index contributed by atoms with van der Waals surface area (Å²) in [7, 11) is 0. The van der Waals surface area contributed by atoms with E-state index in [9.17, 15) is 18.0 Å². The molecule has 0 aliphatic carbocycles. The Morgan fingerprint density at radius 2 is 1.78 bits per heavy atom. The van der Waals surface area contributed by atoms with Crippen LogP contribution in [0.5, 0.6) is 0 Å². The van der Waals surface area contributed by atoms with Gasteiger partial charge in [-0.2, -0.15) is 13.2 Å². The molecule has 0 aliphatic rings. The zero-order valence-corrected chi connectivity index (χ0v) is 13.4. The fourth-order valence-corrected chi connectivity index (χ4v) is 1.93. The van der Waals surface area contributed by atoms with Crippen LogP contribution in [0.2, 0.25) is 0 Å². The van der Waals surface area contributed by atoms with Gasteiger partial charge in [-0.05, 0) is 38.5 Å². The summed E-state index contributed by atoms with van der Waals surface area (Å²) in [5.41, 5.74) is -0.596. The van der Waals surface area contributed by atoms with Crippen LogP contribution in [0.25, 0.3) is 0 Å². The first-order valence-corrected chi connectivity index (χ1v) is 7.27. The molecule has 0 heterocycles. The minimum Gasteiger partial charge on any atom is -0.446 e. The highest BCUT2D eigenvalue weighted by Gasteiger charge is 2.30. The molecule has 0 fully saturated rings. The third kappa shape index (κ3) is 7.36. The molecule has 1 atom stereocenters. The summed E-state index contributed by atoms with van der Waals surface area (Å²) in [6, 6.07) is 4.66. The second-order valence-corrected chi connectivity index (χ2v) is 6.31. The van der Waals surface area contributed by atoms with Crippen LogP contribution in [0.3, 0.4) is 0 Å². The van der Waals surface area contributed by atoms with Gasteiger partial charge in [-0.25, -0.2) is 4.79 Å². The molecule has 1 amide bonds. The van der Waals surface area contributed by atoms with Gasteiger partial charge in [0.1, 0.15) is 6.10 Å². The molecule has 0 aromatic heterocycles. The standard InChI is InChI=1S/C16H22F3NO3/c1-15(2,3)20-14(22)23-13(8-9-21)10-11-4-6-12(7-5-11)16(17,18)19/h4-7,13,21H,8-10H2,1-3H3,(H,20,22)/t13-/m1/s1. The van der Waals surface area contributed by atoms with Gasteiger partial charge in [0.2, 0.25) is 0 Å². The van der Waals surface area contributed by atoms with E-state index in [-0.39, 0.29) is 19.4 Å². The van der Waals surface area contributed by atoms with Crippen molar-refractivity contribution in [2.75, 3.05) is 6.61 Å². The van der Waals surface area contributed by atoms with Crippen molar-refractivity contribution in [3.63, 3.8) is 0 Å². The predicted octanol–water partition coefficient (Wildman–Crippen LogP) is 3.52. The average Bonchev–Trinajstić information content (AvgIpc) is 2.36. The molecule has 0 aliphatic heterocycles. The largest absolute Gasteiger partial charge is 0.446 e. The Bertz CT molecular complexity index is 507. The summed E-state index contributed by atoms with van der Waals surface area (Å²) in [5, 5.41) is 11.7. The lowest BCUT2D eigenvalue weighted by atomic mass is 10.0. The Labute approximate surface area is 133 Å². The van der Waals surface area contributed by atoms with Gasteiger partial charge in [-0.3, -0.25) is 0 Å². The molecule has 0 spiro atoms. The van der Waals surface area contributed by atoms with Gasteiger partial charge >= 0.3 is 12.3 Å². The van der Waals surface area contributed by atoms with Crippen LogP contribution < -0.4 is 5.32 Å². The first-order valence-electron chi connectivity index (χ1n) is 7.27. The van der Waals surface area contributed by atoms with E-state index in [1.807, 2.05) is 0 Å². The van der Waals surface area contributed by atoms with Crippen molar-refractivity contribution in [2.24, 2.45) is 0 Å². The molecule has 0 saturated heterocycles. The molecule has 7 heteroatoms.